The van der Waals surface area contributed by atoms with Crippen LogP contribution >= 0.6 is 0 Å². The lowest BCUT2D eigenvalue weighted by molar-refractivity contribution is 1.21. The predicted octanol–water partition coefficient (Wildman–Crippen LogP) is 3.28. The average molecular weight is 253 g/mol. The van der Waals surface area contributed by atoms with Crippen molar-refractivity contribution < 1.29 is 0 Å². The van der Waals surface area contributed by atoms with Crippen LogP contribution in [0.15, 0.2) is 52.7 Å². The highest BCUT2D eigenvalue weighted by atomic mass is 15.1. The van der Waals surface area contributed by atoms with E-state index in [-0.39, 0.29) is 5.84 Å². The van der Waals surface area contributed by atoms with Crippen molar-refractivity contribution in [2.24, 2.45) is 16.0 Å². The highest BCUT2D eigenvalue weighted by Gasteiger charge is 1.98. The summed E-state index contributed by atoms with van der Waals surface area (Å²) < 4.78 is 0. The predicted molar refractivity (Wildman–Crippen MR) is 77.2 cm³/mol. The molecule has 0 aromatic heterocycles. The lowest BCUT2D eigenvalue weighted by Gasteiger charge is -2.00. The van der Waals surface area contributed by atoms with Crippen LogP contribution in [0.1, 0.15) is 11.1 Å². The fourth-order valence-corrected chi connectivity index (χ4v) is 1.61. The average Bonchev–Trinajstić information content (AvgIpc) is 2.38. The van der Waals surface area contributed by atoms with E-state index in [9.17, 15) is 0 Å². The number of anilines is 1. The van der Waals surface area contributed by atoms with Crippen LogP contribution in [-0.4, -0.2) is 5.84 Å². The van der Waals surface area contributed by atoms with Crippen molar-refractivity contribution >= 4 is 22.9 Å². The number of aryl methyl sites for hydroxylation is 1. The third kappa shape index (κ3) is 3.16. The van der Waals surface area contributed by atoms with E-state index in [0.29, 0.717) is 16.9 Å². The number of nitrogens with one attached hydrogen (secondary N) is 1. The molecule has 0 saturated carbocycles. The Hall–Kier alpha value is -2.69. The van der Waals surface area contributed by atoms with Gasteiger partial charge in [-0.2, -0.15) is 10.2 Å². The van der Waals surface area contributed by atoms with Crippen molar-refractivity contribution in [1.82, 2.24) is 0 Å². The van der Waals surface area contributed by atoms with Crippen molar-refractivity contribution in [2.75, 3.05) is 5.73 Å². The third-order valence-corrected chi connectivity index (χ3v) is 2.67. The Labute approximate surface area is 111 Å². The minimum absolute atomic E-state index is 0.0397. The maximum absolute atomic E-state index is 7.30. The van der Waals surface area contributed by atoms with E-state index >= 15 is 0 Å². The van der Waals surface area contributed by atoms with E-state index in [2.05, 4.69) is 10.2 Å². The van der Waals surface area contributed by atoms with Crippen molar-refractivity contribution in [3.8, 4) is 0 Å². The third-order valence-electron chi connectivity index (χ3n) is 2.67. The van der Waals surface area contributed by atoms with Gasteiger partial charge in [-0.15, -0.1) is 0 Å². The summed E-state index contributed by atoms with van der Waals surface area (Å²) in [7, 11) is 0. The number of benzene rings is 2. The topological polar surface area (TPSA) is 101 Å². The molecule has 5 heteroatoms. The van der Waals surface area contributed by atoms with Crippen molar-refractivity contribution in [1.29, 1.82) is 5.41 Å². The molecule has 0 spiro atoms. The Bertz CT molecular complexity index is 629. The van der Waals surface area contributed by atoms with Crippen LogP contribution in [0.3, 0.4) is 0 Å². The summed E-state index contributed by atoms with van der Waals surface area (Å²) in [6, 6.07) is 12.5. The van der Waals surface area contributed by atoms with Crippen LogP contribution in [0.25, 0.3) is 0 Å². The molecule has 5 N–H and O–H groups in total. The Morgan fingerprint density at radius 3 is 2.32 bits per heavy atom. The molecule has 0 aliphatic heterocycles. The van der Waals surface area contributed by atoms with Gasteiger partial charge in [0, 0.05) is 11.3 Å². The molecular weight excluding hydrogens is 238 g/mol. The zero-order valence-corrected chi connectivity index (χ0v) is 10.6. The second-order valence-corrected chi connectivity index (χ2v) is 4.21. The first-order chi connectivity index (χ1) is 9.06. The Morgan fingerprint density at radius 2 is 1.74 bits per heavy atom. The van der Waals surface area contributed by atoms with Gasteiger partial charge < -0.3 is 11.5 Å². The lowest BCUT2D eigenvalue weighted by Crippen LogP contribution is -2.10. The molecule has 2 aromatic carbocycles. The van der Waals surface area contributed by atoms with E-state index in [0.717, 1.165) is 11.3 Å². The lowest BCUT2D eigenvalue weighted by atomic mass is 10.2. The number of azo groups is 1. The molecular formula is C14H15N5. The van der Waals surface area contributed by atoms with Crippen LogP contribution in [0.4, 0.5) is 17.1 Å². The standard InChI is InChI=1S/C14H15N5/c1-9-8-11(15)4-7-13(9)19-18-12-5-2-10(3-6-12)14(16)17/h2-8H,15H2,1H3,(H3,16,17). The van der Waals surface area contributed by atoms with E-state index in [1.165, 1.54) is 0 Å². The van der Waals surface area contributed by atoms with Crippen LogP contribution in [0, 0.1) is 12.3 Å². The van der Waals surface area contributed by atoms with Crippen molar-refractivity contribution in [3.63, 3.8) is 0 Å². The number of rotatable bonds is 3. The van der Waals surface area contributed by atoms with Gasteiger partial charge in [0.1, 0.15) is 5.84 Å². The first-order valence-electron chi connectivity index (χ1n) is 5.78. The van der Waals surface area contributed by atoms with Gasteiger partial charge in [0.2, 0.25) is 0 Å². The normalized spacial score (nSPS) is 10.8. The molecule has 5 nitrogen and oxygen atoms in total. The van der Waals surface area contributed by atoms with Gasteiger partial charge in [0.25, 0.3) is 0 Å². The second-order valence-electron chi connectivity index (χ2n) is 4.21. The van der Waals surface area contributed by atoms with E-state index in [1.54, 1.807) is 30.3 Å². The first-order valence-corrected chi connectivity index (χ1v) is 5.78. The molecule has 0 aliphatic carbocycles. The van der Waals surface area contributed by atoms with Gasteiger partial charge in [0.15, 0.2) is 0 Å². The van der Waals surface area contributed by atoms with Crippen LogP contribution < -0.4 is 11.5 Å². The minimum Gasteiger partial charge on any atom is -0.399 e. The molecule has 0 aliphatic rings. The number of nitrogen functional groups attached to an aromatic ring is 2. The van der Waals surface area contributed by atoms with Gasteiger partial charge in [-0.25, -0.2) is 0 Å². The molecule has 0 saturated heterocycles. The molecule has 19 heavy (non-hydrogen) atoms. The molecule has 0 fully saturated rings. The summed E-state index contributed by atoms with van der Waals surface area (Å²) in [4.78, 5) is 0. The molecule has 0 atom stereocenters. The van der Waals surface area contributed by atoms with Crippen molar-refractivity contribution in [2.45, 2.75) is 6.92 Å². The molecule has 0 bridgehead atoms. The number of nitrogens with two attached hydrogens (primary N) is 2. The van der Waals surface area contributed by atoms with Crippen LogP contribution in [0.2, 0.25) is 0 Å². The van der Waals surface area contributed by atoms with Crippen LogP contribution in [0.5, 0.6) is 0 Å². The zero-order valence-electron chi connectivity index (χ0n) is 10.6. The fourth-order valence-electron chi connectivity index (χ4n) is 1.61. The molecule has 2 aromatic rings. The van der Waals surface area contributed by atoms with Crippen molar-refractivity contribution in [3.05, 3.63) is 53.6 Å². The molecule has 2 rings (SSSR count). The van der Waals surface area contributed by atoms with E-state index in [4.69, 9.17) is 16.9 Å². The smallest absolute Gasteiger partial charge is 0.122 e. The number of hydrogen-bond acceptors (Lipinski definition) is 4. The zero-order chi connectivity index (χ0) is 13.8. The molecule has 96 valence electrons. The van der Waals surface area contributed by atoms with Gasteiger partial charge >= 0.3 is 0 Å². The second kappa shape index (κ2) is 5.30. The molecule has 0 amide bonds. The summed E-state index contributed by atoms with van der Waals surface area (Å²) in [6.45, 7) is 1.93. The van der Waals surface area contributed by atoms with Gasteiger partial charge in [-0.05, 0) is 55.0 Å². The monoisotopic (exact) mass is 253 g/mol. The summed E-state index contributed by atoms with van der Waals surface area (Å²) in [6.07, 6.45) is 0. The van der Waals surface area contributed by atoms with Crippen LogP contribution in [-0.2, 0) is 0 Å². The fraction of sp³-hybridized carbons (Fsp3) is 0.0714. The maximum Gasteiger partial charge on any atom is 0.122 e. The molecule has 0 heterocycles. The summed E-state index contributed by atoms with van der Waals surface area (Å²) >= 11 is 0. The quantitative estimate of drug-likeness (QED) is 0.338. The molecule has 0 unspecified atom stereocenters. The Morgan fingerprint density at radius 1 is 1.05 bits per heavy atom. The minimum atomic E-state index is 0.0397. The summed E-state index contributed by atoms with van der Waals surface area (Å²) in [5.41, 5.74) is 14.9. The van der Waals surface area contributed by atoms with E-state index < -0.39 is 0 Å². The summed E-state index contributed by atoms with van der Waals surface area (Å²) in [5.74, 6) is 0.0397. The number of amidine groups is 1. The largest absolute Gasteiger partial charge is 0.399 e. The van der Waals surface area contributed by atoms with Gasteiger partial charge in [0.05, 0.1) is 11.4 Å². The first kappa shape index (κ1) is 12.8. The van der Waals surface area contributed by atoms with Gasteiger partial charge in [-0.3, -0.25) is 5.41 Å². The van der Waals surface area contributed by atoms with E-state index in [1.807, 2.05) is 19.1 Å². The molecule has 0 radical (unpaired) electrons. The summed E-state index contributed by atoms with van der Waals surface area (Å²) in [5, 5.41) is 15.6. The highest BCUT2D eigenvalue weighted by molar-refractivity contribution is 5.95. The highest BCUT2D eigenvalue weighted by Crippen LogP contribution is 2.23. The SMILES string of the molecule is Cc1cc(N)ccc1N=Nc1ccc(C(=N)N)cc1. The maximum atomic E-state index is 7.30. The van der Waals surface area contributed by atoms with Gasteiger partial charge in [-0.1, -0.05) is 0 Å². The Kier molecular flexibility index (Phi) is 3.56. The number of hydrogen-bond donors (Lipinski definition) is 3. The number of nitrogens with zero attached hydrogens (tertiary/aromatic N) is 2. The Balaban J connectivity index is 2.20.